The molecule has 0 aliphatic rings. The van der Waals surface area contributed by atoms with Crippen LogP contribution in [-0.2, 0) is 0 Å². The van der Waals surface area contributed by atoms with E-state index in [1.165, 1.54) is 12.1 Å². The molecule has 0 aliphatic heterocycles. The first-order valence-electron chi connectivity index (χ1n) is 7.05. The third kappa shape index (κ3) is 2.40. The Bertz CT molecular complexity index is 1030. The molecule has 0 fully saturated rings. The number of nitrogen functional groups attached to an aromatic ring is 1. The van der Waals surface area contributed by atoms with Crippen LogP contribution in [-0.4, -0.2) is 19.4 Å². The van der Waals surface area contributed by atoms with E-state index in [1.54, 1.807) is 12.1 Å². The zero-order valence-corrected chi connectivity index (χ0v) is 12.0. The van der Waals surface area contributed by atoms with Gasteiger partial charge in [0.05, 0.1) is 11.0 Å². The van der Waals surface area contributed by atoms with E-state index < -0.39 is 0 Å². The summed E-state index contributed by atoms with van der Waals surface area (Å²) in [5.41, 5.74) is 8.37. The van der Waals surface area contributed by atoms with Gasteiger partial charge in [0, 0.05) is 0 Å². The number of rotatable bonds is 2. The Kier molecular flexibility index (Phi) is 3.01. The van der Waals surface area contributed by atoms with E-state index in [9.17, 15) is 4.39 Å². The van der Waals surface area contributed by atoms with Crippen LogP contribution in [0.4, 0.5) is 10.3 Å². The van der Waals surface area contributed by atoms with E-state index in [0.29, 0.717) is 11.6 Å². The number of para-hydroxylation sites is 2. The largest absolute Gasteiger partial charge is 0.368 e. The highest BCUT2D eigenvalue weighted by Crippen LogP contribution is 2.18. The molecule has 2 N–H and O–H groups in total. The maximum Gasteiger partial charge on any atom is 0.239 e. The maximum atomic E-state index is 13.0. The molecule has 2 heterocycles. The average Bonchev–Trinajstić information content (AvgIpc) is 2.92. The van der Waals surface area contributed by atoms with Crippen LogP contribution in [0.2, 0.25) is 0 Å². The number of imidazole rings is 1. The zero-order valence-electron chi connectivity index (χ0n) is 12.0. The molecule has 0 bridgehead atoms. The van der Waals surface area contributed by atoms with Gasteiger partial charge in [-0.3, -0.25) is 4.40 Å². The van der Waals surface area contributed by atoms with Crippen LogP contribution in [0.1, 0.15) is 11.4 Å². The van der Waals surface area contributed by atoms with Crippen LogP contribution >= 0.6 is 0 Å². The van der Waals surface area contributed by atoms with E-state index >= 15 is 0 Å². The Labute approximate surface area is 130 Å². The number of halogens is 1. The van der Waals surface area contributed by atoms with Gasteiger partial charge in [0.15, 0.2) is 0 Å². The quantitative estimate of drug-likeness (QED) is 0.617. The predicted octanol–water partition coefficient (Wildman–Crippen LogP) is 3.17. The van der Waals surface area contributed by atoms with Gasteiger partial charge < -0.3 is 5.73 Å². The van der Waals surface area contributed by atoms with Crippen molar-refractivity contribution in [2.75, 3.05) is 5.73 Å². The van der Waals surface area contributed by atoms with E-state index in [4.69, 9.17) is 5.73 Å². The molecule has 4 rings (SSSR count). The van der Waals surface area contributed by atoms with E-state index in [1.807, 2.05) is 40.8 Å². The number of aromatic nitrogens is 4. The molecule has 0 saturated heterocycles. The van der Waals surface area contributed by atoms with Crippen molar-refractivity contribution in [2.45, 2.75) is 0 Å². The van der Waals surface area contributed by atoms with Crippen LogP contribution in [0.25, 0.3) is 29.0 Å². The monoisotopic (exact) mass is 305 g/mol. The molecule has 2 aromatic heterocycles. The minimum Gasteiger partial charge on any atom is -0.368 e. The van der Waals surface area contributed by atoms with Crippen LogP contribution in [0.3, 0.4) is 0 Å². The predicted molar refractivity (Wildman–Crippen MR) is 88.0 cm³/mol. The third-order valence-corrected chi connectivity index (χ3v) is 3.51. The minimum atomic E-state index is -0.267. The van der Waals surface area contributed by atoms with Crippen molar-refractivity contribution in [3.05, 3.63) is 65.7 Å². The maximum absolute atomic E-state index is 13.0. The molecule has 0 saturated carbocycles. The number of fused-ring (bicyclic) bond motifs is 3. The molecular weight excluding hydrogens is 293 g/mol. The lowest BCUT2D eigenvalue weighted by Crippen LogP contribution is -2.03. The number of nitrogens with two attached hydrogens (primary N) is 1. The second kappa shape index (κ2) is 5.17. The summed E-state index contributed by atoms with van der Waals surface area (Å²) in [6.45, 7) is 0. The van der Waals surface area contributed by atoms with Crippen molar-refractivity contribution in [3.63, 3.8) is 0 Å². The smallest absolute Gasteiger partial charge is 0.239 e. The summed E-state index contributed by atoms with van der Waals surface area (Å²) in [5.74, 6) is 1.01. The summed E-state index contributed by atoms with van der Waals surface area (Å²) in [6.07, 6.45) is 3.65. The lowest BCUT2D eigenvalue weighted by atomic mass is 10.2. The van der Waals surface area contributed by atoms with Gasteiger partial charge in [-0.1, -0.05) is 30.3 Å². The lowest BCUT2D eigenvalue weighted by Gasteiger charge is -2.02. The first kappa shape index (κ1) is 13.4. The second-order valence-electron chi connectivity index (χ2n) is 5.06. The number of hydrogen-bond acceptors (Lipinski definition) is 4. The number of hydrogen-bond donors (Lipinski definition) is 1. The van der Waals surface area contributed by atoms with Gasteiger partial charge in [-0.25, -0.2) is 9.37 Å². The molecule has 23 heavy (non-hydrogen) atoms. The summed E-state index contributed by atoms with van der Waals surface area (Å²) in [6, 6.07) is 13.9. The molecule has 5 nitrogen and oxygen atoms in total. The Hall–Kier alpha value is -3.28. The summed E-state index contributed by atoms with van der Waals surface area (Å²) in [7, 11) is 0. The van der Waals surface area contributed by atoms with Gasteiger partial charge >= 0.3 is 0 Å². The summed E-state index contributed by atoms with van der Waals surface area (Å²) < 4.78 is 14.8. The van der Waals surface area contributed by atoms with Crippen molar-refractivity contribution in [1.29, 1.82) is 0 Å². The fourth-order valence-electron chi connectivity index (χ4n) is 2.47. The second-order valence-corrected chi connectivity index (χ2v) is 5.06. The first-order chi connectivity index (χ1) is 11.2. The van der Waals surface area contributed by atoms with Gasteiger partial charge in [-0.2, -0.15) is 9.97 Å². The molecule has 4 aromatic rings. The molecule has 0 amide bonds. The van der Waals surface area contributed by atoms with Gasteiger partial charge in [-0.15, -0.1) is 0 Å². The van der Waals surface area contributed by atoms with E-state index in [-0.39, 0.29) is 11.8 Å². The van der Waals surface area contributed by atoms with Crippen molar-refractivity contribution >= 4 is 34.9 Å². The van der Waals surface area contributed by atoms with E-state index in [0.717, 1.165) is 16.6 Å². The van der Waals surface area contributed by atoms with Gasteiger partial charge in [0.1, 0.15) is 11.6 Å². The van der Waals surface area contributed by atoms with Crippen LogP contribution < -0.4 is 5.73 Å². The van der Waals surface area contributed by atoms with Crippen molar-refractivity contribution < 1.29 is 4.39 Å². The molecule has 0 atom stereocenters. The molecule has 2 aromatic carbocycles. The normalized spacial score (nSPS) is 11.7. The lowest BCUT2D eigenvalue weighted by molar-refractivity contribution is 0.628. The Morgan fingerprint density at radius 1 is 0.913 bits per heavy atom. The fourth-order valence-corrected chi connectivity index (χ4v) is 2.47. The Morgan fingerprint density at radius 2 is 1.70 bits per heavy atom. The first-order valence-corrected chi connectivity index (χ1v) is 7.05. The highest BCUT2D eigenvalue weighted by atomic mass is 19.1. The number of benzene rings is 2. The molecule has 6 heteroatoms. The van der Waals surface area contributed by atoms with E-state index in [2.05, 4.69) is 15.0 Å². The minimum absolute atomic E-state index is 0.159. The van der Waals surface area contributed by atoms with Crippen molar-refractivity contribution in [2.24, 2.45) is 0 Å². The SMILES string of the molecule is Nc1nc(/C=C/c2ccc(F)cc2)n2c(n1)nc1ccccc12. The highest BCUT2D eigenvalue weighted by Gasteiger charge is 2.09. The van der Waals surface area contributed by atoms with Crippen LogP contribution in [0.5, 0.6) is 0 Å². The number of nitrogens with zero attached hydrogens (tertiary/aromatic N) is 4. The summed E-state index contributed by atoms with van der Waals surface area (Å²) in [5, 5.41) is 0. The standard InChI is InChI=1S/C17H12FN5/c18-12-8-5-11(6-9-12)7-10-15-21-16(19)22-17-20-13-3-1-2-4-14(13)23(15)17/h1-10H,(H2,19,20,22)/b10-7+. The molecular formula is C17H12FN5. The molecule has 112 valence electrons. The van der Waals surface area contributed by atoms with Crippen LogP contribution in [0, 0.1) is 5.82 Å². The van der Waals surface area contributed by atoms with Crippen molar-refractivity contribution in [3.8, 4) is 0 Å². The average molecular weight is 305 g/mol. The topological polar surface area (TPSA) is 69.1 Å². The van der Waals surface area contributed by atoms with Gasteiger partial charge in [-0.05, 0) is 35.9 Å². The molecule has 0 aliphatic carbocycles. The molecule has 0 spiro atoms. The van der Waals surface area contributed by atoms with Gasteiger partial charge in [0.25, 0.3) is 0 Å². The molecule has 0 radical (unpaired) electrons. The fraction of sp³-hybridized carbons (Fsp3) is 0. The van der Waals surface area contributed by atoms with Crippen molar-refractivity contribution in [1.82, 2.24) is 19.4 Å². The Morgan fingerprint density at radius 3 is 2.52 bits per heavy atom. The molecule has 0 unspecified atom stereocenters. The van der Waals surface area contributed by atoms with Crippen LogP contribution in [0.15, 0.2) is 48.5 Å². The summed E-state index contributed by atoms with van der Waals surface area (Å²) in [4.78, 5) is 12.9. The summed E-state index contributed by atoms with van der Waals surface area (Å²) >= 11 is 0. The number of anilines is 1. The third-order valence-electron chi connectivity index (χ3n) is 3.51. The van der Waals surface area contributed by atoms with Gasteiger partial charge in [0.2, 0.25) is 11.7 Å². The zero-order chi connectivity index (χ0) is 15.8. The highest BCUT2D eigenvalue weighted by molar-refractivity contribution is 5.81. The Balaban J connectivity index is 1.89.